The maximum atomic E-state index is 12.0. The molecule has 0 unspecified atom stereocenters. The van der Waals surface area contributed by atoms with Gasteiger partial charge in [-0.2, -0.15) is 13.2 Å². The van der Waals surface area contributed by atoms with Crippen LogP contribution >= 0.6 is 0 Å². The molecule has 0 aromatic heterocycles. The van der Waals surface area contributed by atoms with Gasteiger partial charge in [-0.15, -0.1) is 0 Å². The summed E-state index contributed by atoms with van der Waals surface area (Å²) in [6, 6.07) is 0. The zero-order valence-corrected chi connectivity index (χ0v) is 9.48. The summed E-state index contributed by atoms with van der Waals surface area (Å²) in [6.45, 7) is 5.98. The van der Waals surface area contributed by atoms with E-state index < -0.39 is 12.6 Å². The van der Waals surface area contributed by atoms with Gasteiger partial charge in [-0.1, -0.05) is 13.8 Å². The van der Waals surface area contributed by atoms with Crippen LogP contribution in [0.4, 0.5) is 13.2 Å². The van der Waals surface area contributed by atoms with Gasteiger partial charge in [0.05, 0.1) is 6.42 Å². The molecule has 0 heterocycles. The summed E-state index contributed by atoms with van der Waals surface area (Å²) in [7, 11) is 0. The third kappa shape index (κ3) is 10.0. The fraction of sp³-hybridized carbons (Fsp3) is 1.00. The molecule has 0 aromatic rings. The summed E-state index contributed by atoms with van der Waals surface area (Å²) in [4.78, 5) is 1.84. The summed E-state index contributed by atoms with van der Waals surface area (Å²) in [5.41, 5.74) is 5.34. The predicted molar refractivity (Wildman–Crippen MR) is 55.6 cm³/mol. The highest BCUT2D eigenvalue weighted by atomic mass is 19.4. The quantitative estimate of drug-likeness (QED) is 0.721. The van der Waals surface area contributed by atoms with E-state index in [9.17, 15) is 13.2 Å². The third-order valence-corrected chi connectivity index (χ3v) is 2.01. The molecule has 0 spiro atoms. The minimum atomic E-state index is -4.06. The first-order chi connectivity index (χ1) is 6.85. The third-order valence-electron chi connectivity index (χ3n) is 2.01. The molecule has 92 valence electrons. The van der Waals surface area contributed by atoms with Crippen molar-refractivity contribution < 1.29 is 13.2 Å². The Bertz CT molecular complexity index is 157. The van der Waals surface area contributed by atoms with Crippen molar-refractivity contribution in [3.8, 4) is 0 Å². The molecule has 0 aliphatic carbocycles. The minimum absolute atomic E-state index is 0.0850. The normalized spacial score (nSPS) is 12.8. The molecule has 0 atom stereocenters. The summed E-state index contributed by atoms with van der Waals surface area (Å²) < 4.78 is 36.1. The second kappa shape index (κ2) is 7.06. The standard InChI is InChI=1S/C10H21F3N2/c1-9(2)8-15(6-3-5-14)7-4-10(11,12)13/h9H,3-8,14H2,1-2H3. The van der Waals surface area contributed by atoms with Gasteiger partial charge in [0.2, 0.25) is 0 Å². The molecule has 0 rings (SSSR count). The van der Waals surface area contributed by atoms with Crippen LogP contribution in [0.5, 0.6) is 0 Å². The van der Waals surface area contributed by atoms with E-state index >= 15 is 0 Å². The monoisotopic (exact) mass is 226 g/mol. The lowest BCUT2D eigenvalue weighted by Gasteiger charge is -2.24. The van der Waals surface area contributed by atoms with Crippen molar-refractivity contribution in [1.29, 1.82) is 0 Å². The average molecular weight is 226 g/mol. The van der Waals surface area contributed by atoms with E-state index in [-0.39, 0.29) is 6.54 Å². The number of hydrogen-bond donors (Lipinski definition) is 1. The highest BCUT2D eigenvalue weighted by molar-refractivity contribution is 4.63. The van der Waals surface area contributed by atoms with Crippen molar-refractivity contribution in [1.82, 2.24) is 4.90 Å². The van der Waals surface area contributed by atoms with Crippen LogP contribution in [-0.2, 0) is 0 Å². The summed E-state index contributed by atoms with van der Waals surface area (Å²) >= 11 is 0. The average Bonchev–Trinajstić information content (AvgIpc) is 2.07. The van der Waals surface area contributed by atoms with Crippen LogP contribution in [0.2, 0.25) is 0 Å². The highest BCUT2D eigenvalue weighted by Gasteiger charge is 2.27. The Morgan fingerprint density at radius 1 is 1.20 bits per heavy atom. The molecule has 2 nitrogen and oxygen atoms in total. The molecule has 0 saturated heterocycles. The number of nitrogens with zero attached hydrogens (tertiary/aromatic N) is 1. The smallest absolute Gasteiger partial charge is 0.330 e. The van der Waals surface area contributed by atoms with Gasteiger partial charge >= 0.3 is 6.18 Å². The van der Waals surface area contributed by atoms with Crippen LogP contribution in [0, 0.1) is 5.92 Å². The van der Waals surface area contributed by atoms with Gasteiger partial charge in [0.15, 0.2) is 0 Å². The SMILES string of the molecule is CC(C)CN(CCCN)CCC(F)(F)F. The van der Waals surface area contributed by atoms with Crippen LogP contribution in [-0.4, -0.2) is 37.3 Å². The Labute approximate surface area is 89.6 Å². The van der Waals surface area contributed by atoms with Crippen molar-refractivity contribution in [2.24, 2.45) is 11.7 Å². The molecule has 5 heteroatoms. The Kier molecular flexibility index (Phi) is 6.92. The van der Waals surface area contributed by atoms with Gasteiger partial charge in [-0.3, -0.25) is 0 Å². The molecule has 0 aliphatic rings. The largest absolute Gasteiger partial charge is 0.390 e. The molecule has 0 radical (unpaired) electrons. The molecule has 0 fully saturated rings. The number of alkyl halides is 3. The minimum Gasteiger partial charge on any atom is -0.330 e. The number of rotatable bonds is 7. The lowest BCUT2D eigenvalue weighted by molar-refractivity contribution is -0.138. The summed E-state index contributed by atoms with van der Waals surface area (Å²) in [5.74, 6) is 0.385. The molecule has 15 heavy (non-hydrogen) atoms. The molecule has 0 saturated carbocycles. The molecule has 0 aliphatic heterocycles. The first-order valence-corrected chi connectivity index (χ1v) is 5.34. The molecule has 2 N–H and O–H groups in total. The summed E-state index contributed by atoms with van der Waals surface area (Å²) in [5, 5.41) is 0. The van der Waals surface area contributed by atoms with Crippen LogP contribution in [0.3, 0.4) is 0 Å². The van der Waals surface area contributed by atoms with Crippen molar-refractivity contribution in [3.63, 3.8) is 0 Å². The highest BCUT2D eigenvalue weighted by Crippen LogP contribution is 2.20. The van der Waals surface area contributed by atoms with Gasteiger partial charge < -0.3 is 10.6 Å². The summed E-state index contributed by atoms with van der Waals surface area (Å²) in [6.07, 6.45) is -4.03. The van der Waals surface area contributed by atoms with Gasteiger partial charge in [-0.05, 0) is 25.4 Å². The maximum Gasteiger partial charge on any atom is 0.390 e. The van der Waals surface area contributed by atoms with Gasteiger partial charge in [-0.25, -0.2) is 0 Å². The van der Waals surface area contributed by atoms with Crippen LogP contribution in [0.25, 0.3) is 0 Å². The molecular weight excluding hydrogens is 205 g/mol. The van der Waals surface area contributed by atoms with Gasteiger partial charge in [0, 0.05) is 13.1 Å². The van der Waals surface area contributed by atoms with Crippen LogP contribution < -0.4 is 5.73 Å². The Morgan fingerprint density at radius 3 is 2.20 bits per heavy atom. The van der Waals surface area contributed by atoms with Crippen LogP contribution in [0.1, 0.15) is 26.7 Å². The van der Waals surface area contributed by atoms with E-state index in [1.54, 1.807) is 0 Å². The Morgan fingerprint density at radius 2 is 1.80 bits per heavy atom. The predicted octanol–water partition coefficient (Wildman–Crippen LogP) is 2.25. The van der Waals surface area contributed by atoms with Crippen molar-refractivity contribution >= 4 is 0 Å². The Balaban J connectivity index is 3.89. The van der Waals surface area contributed by atoms with E-state index in [4.69, 9.17) is 5.73 Å². The van der Waals surface area contributed by atoms with Crippen molar-refractivity contribution in [3.05, 3.63) is 0 Å². The van der Waals surface area contributed by atoms with Crippen molar-refractivity contribution in [2.75, 3.05) is 26.2 Å². The first-order valence-electron chi connectivity index (χ1n) is 5.34. The van der Waals surface area contributed by atoms with Gasteiger partial charge in [0.1, 0.15) is 0 Å². The second-order valence-corrected chi connectivity index (χ2v) is 4.20. The zero-order valence-electron chi connectivity index (χ0n) is 9.48. The first kappa shape index (κ1) is 14.7. The van der Waals surface area contributed by atoms with Crippen molar-refractivity contribution in [2.45, 2.75) is 32.9 Å². The molecular formula is C10H21F3N2. The van der Waals surface area contributed by atoms with E-state index in [0.717, 1.165) is 6.42 Å². The lowest BCUT2D eigenvalue weighted by Crippen LogP contribution is -2.33. The maximum absolute atomic E-state index is 12.0. The number of nitrogens with two attached hydrogens (primary N) is 1. The van der Waals surface area contributed by atoms with E-state index in [0.29, 0.717) is 25.6 Å². The lowest BCUT2D eigenvalue weighted by atomic mass is 10.2. The molecule has 0 bridgehead atoms. The van der Waals surface area contributed by atoms with Crippen LogP contribution in [0.15, 0.2) is 0 Å². The Hall–Kier alpha value is -0.290. The van der Waals surface area contributed by atoms with Gasteiger partial charge in [0.25, 0.3) is 0 Å². The van der Waals surface area contributed by atoms with E-state index in [1.165, 1.54) is 0 Å². The number of hydrogen-bond acceptors (Lipinski definition) is 2. The van der Waals surface area contributed by atoms with E-state index in [1.807, 2.05) is 18.7 Å². The van der Waals surface area contributed by atoms with E-state index in [2.05, 4.69) is 0 Å². The zero-order chi connectivity index (χ0) is 11.9. The fourth-order valence-corrected chi connectivity index (χ4v) is 1.41. The second-order valence-electron chi connectivity index (χ2n) is 4.20. The molecule has 0 aromatic carbocycles. The topological polar surface area (TPSA) is 29.3 Å². The molecule has 0 amide bonds. The fourth-order valence-electron chi connectivity index (χ4n) is 1.41. The number of halogens is 3.